The van der Waals surface area contributed by atoms with Crippen LogP contribution < -0.4 is 16.2 Å². The molecule has 1 aliphatic rings. The van der Waals surface area contributed by atoms with Gasteiger partial charge in [-0.05, 0) is 74.0 Å². The molecular formula is C32H29Cl3F3N5O4. The first-order valence-corrected chi connectivity index (χ1v) is 15.0. The van der Waals surface area contributed by atoms with E-state index in [1.807, 2.05) is 4.90 Å². The highest BCUT2D eigenvalue weighted by atomic mass is 35.5. The van der Waals surface area contributed by atoms with E-state index in [2.05, 4.69) is 15.6 Å². The third-order valence-corrected chi connectivity index (χ3v) is 8.16. The monoisotopic (exact) mass is 709 g/mol. The molecule has 0 radical (unpaired) electrons. The molecule has 0 spiro atoms. The third-order valence-electron chi connectivity index (χ3n) is 7.72. The van der Waals surface area contributed by atoms with Crippen molar-refractivity contribution >= 4 is 58.9 Å². The Bertz CT molecular complexity index is 1790. The summed E-state index contributed by atoms with van der Waals surface area (Å²) in [5, 5.41) is 16.1. The Morgan fingerprint density at radius 3 is 2.28 bits per heavy atom. The lowest BCUT2D eigenvalue weighted by molar-refractivity contribution is -0.185. The number of benzene rings is 2. The average Bonchev–Trinajstić information content (AvgIpc) is 3.02. The van der Waals surface area contributed by atoms with E-state index < -0.39 is 29.7 Å². The number of hydrogen-bond donors (Lipinski definition) is 3. The van der Waals surface area contributed by atoms with Gasteiger partial charge in [0, 0.05) is 47.7 Å². The molecule has 3 N–H and O–H groups in total. The number of phenols is 1. The Morgan fingerprint density at radius 1 is 0.936 bits per heavy atom. The number of carbonyl (C=O) groups excluding carboxylic acids is 2. The Hall–Kier alpha value is -4.10. The molecule has 15 heteroatoms. The number of nitrogens with one attached hydrogen (secondary N) is 2. The summed E-state index contributed by atoms with van der Waals surface area (Å²) in [5.74, 6) is -2.85. The summed E-state index contributed by atoms with van der Waals surface area (Å²) in [6.45, 7) is 1.41. The van der Waals surface area contributed by atoms with Crippen LogP contribution in [-0.2, 0) is 6.54 Å². The van der Waals surface area contributed by atoms with Crippen LogP contribution in [0.25, 0.3) is 11.1 Å². The number of pyridine rings is 2. The Balaban J connectivity index is 0.00000500. The average molecular weight is 711 g/mol. The molecular weight excluding hydrogens is 682 g/mol. The maximum absolute atomic E-state index is 13.2. The Labute approximate surface area is 283 Å². The number of hydrogen-bond acceptors (Lipinski definition) is 6. The highest BCUT2D eigenvalue weighted by Crippen LogP contribution is 2.34. The number of piperidine rings is 1. The molecule has 5 rings (SSSR count). The molecule has 2 amide bonds. The number of halogens is 6. The highest BCUT2D eigenvalue weighted by molar-refractivity contribution is 6.32. The molecule has 0 bridgehead atoms. The Kier molecular flexibility index (Phi) is 11.6. The van der Waals surface area contributed by atoms with Crippen molar-refractivity contribution in [2.45, 2.75) is 25.6 Å². The molecule has 2 aromatic carbocycles. The fourth-order valence-electron chi connectivity index (χ4n) is 5.19. The quantitative estimate of drug-likeness (QED) is 0.168. The number of aromatic nitrogens is 2. The van der Waals surface area contributed by atoms with Gasteiger partial charge in [0.15, 0.2) is 0 Å². The predicted molar refractivity (Wildman–Crippen MR) is 177 cm³/mol. The highest BCUT2D eigenvalue weighted by Gasteiger charge is 2.40. The number of anilines is 2. The Morgan fingerprint density at radius 2 is 1.64 bits per heavy atom. The van der Waals surface area contributed by atoms with Gasteiger partial charge in [0.05, 0.1) is 22.2 Å². The number of alkyl halides is 3. The minimum absolute atomic E-state index is 0. The van der Waals surface area contributed by atoms with E-state index in [4.69, 9.17) is 23.2 Å². The summed E-state index contributed by atoms with van der Waals surface area (Å²) in [4.78, 5) is 45.3. The maximum atomic E-state index is 13.2. The van der Waals surface area contributed by atoms with Gasteiger partial charge in [-0.25, -0.2) is 4.98 Å². The fourth-order valence-corrected chi connectivity index (χ4v) is 5.51. The summed E-state index contributed by atoms with van der Waals surface area (Å²) in [5.41, 5.74) is 0.561. The van der Waals surface area contributed by atoms with Crippen molar-refractivity contribution in [3.8, 4) is 16.9 Å². The molecule has 9 nitrogen and oxygen atoms in total. The maximum Gasteiger partial charge on any atom is 0.391 e. The molecule has 0 unspecified atom stereocenters. The second kappa shape index (κ2) is 15.2. The minimum atomic E-state index is -4.18. The van der Waals surface area contributed by atoms with Crippen LogP contribution in [0.2, 0.25) is 10.0 Å². The molecule has 0 aliphatic carbocycles. The number of aromatic hydroxyl groups is 1. The van der Waals surface area contributed by atoms with Gasteiger partial charge < -0.3 is 25.2 Å². The standard InChI is InChI=1S/C32H28Cl2F3N5O4.ClH/c33-22-7-8-27(38-18-22)39-30(45)25-16-23(34)17-26(43)28(25)40-29(44)20-5-3-19(4-6-20)24-2-1-11-42(31(24)46)15-14-41-12-9-21(10-13-41)32(35,36)37;/h1-8,11,16-18,21,43H,9-10,12-15H2,(H,40,44)(H,38,39,45);1H. The van der Waals surface area contributed by atoms with Gasteiger partial charge in [-0.1, -0.05) is 35.3 Å². The van der Waals surface area contributed by atoms with Crippen LogP contribution in [0.4, 0.5) is 24.7 Å². The molecule has 4 aromatic rings. The van der Waals surface area contributed by atoms with Crippen molar-refractivity contribution in [1.82, 2.24) is 14.5 Å². The lowest BCUT2D eigenvalue weighted by Crippen LogP contribution is -2.41. The SMILES string of the molecule is Cl.O=C(Nc1c(O)cc(Cl)cc1C(=O)Nc1ccc(Cl)cn1)c1ccc(-c2cccn(CCN3CCC(C(F)(F)F)CC3)c2=O)cc1. The largest absolute Gasteiger partial charge is 0.506 e. The van der Waals surface area contributed by atoms with E-state index in [1.165, 1.54) is 47.2 Å². The number of carbonyl (C=O) groups is 2. The van der Waals surface area contributed by atoms with Crippen molar-refractivity contribution in [2.75, 3.05) is 30.3 Å². The summed E-state index contributed by atoms with van der Waals surface area (Å²) in [6, 6.07) is 15.0. The van der Waals surface area contributed by atoms with E-state index in [-0.39, 0.29) is 58.5 Å². The molecule has 1 saturated heterocycles. The van der Waals surface area contributed by atoms with Gasteiger partial charge in [0.2, 0.25) is 0 Å². The molecule has 1 aliphatic heterocycles. The van der Waals surface area contributed by atoms with Crippen molar-refractivity contribution < 1.29 is 27.9 Å². The van der Waals surface area contributed by atoms with Crippen molar-refractivity contribution in [3.05, 3.63) is 105 Å². The van der Waals surface area contributed by atoms with Crippen LogP contribution >= 0.6 is 35.6 Å². The second-order valence-electron chi connectivity index (χ2n) is 10.8. The molecule has 1 fully saturated rings. The van der Waals surface area contributed by atoms with Crippen molar-refractivity contribution in [1.29, 1.82) is 0 Å². The molecule has 248 valence electrons. The summed E-state index contributed by atoms with van der Waals surface area (Å²) in [7, 11) is 0. The molecule has 2 aromatic heterocycles. The molecule has 0 saturated carbocycles. The summed E-state index contributed by atoms with van der Waals surface area (Å²) < 4.78 is 40.4. The second-order valence-corrected chi connectivity index (χ2v) is 11.6. The first kappa shape index (κ1) is 35.7. The predicted octanol–water partition coefficient (Wildman–Crippen LogP) is 7.12. The van der Waals surface area contributed by atoms with E-state index in [0.717, 1.165) is 0 Å². The van der Waals surface area contributed by atoms with Gasteiger partial charge in [-0.15, -0.1) is 12.4 Å². The van der Waals surface area contributed by atoms with Crippen LogP contribution in [0, 0.1) is 5.92 Å². The van der Waals surface area contributed by atoms with Gasteiger partial charge >= 0.3 is 6.18 Å². The van der Waals surface area contributed by atoms with Crippen LogP contribution in [0.15, 0.2) is 77.9 Å². The minimum Gasteiger partial charge on any atom is -0.506 e. The van der Waals surface area contributed by atoms with E-state index in [0.29, 0.717) is 42.3 Å². The first-order chi connectivity index (χ1) is 21.9. The van der Waals surface area contributed by atoms with Crippen LogP contribution in [0.3, 0.4) is 0 Å². The fraction of sp³-hybridized carbons (Fsp3) is 0.250. The van der Waals surface area contributed by atoms with Crippen LogP contribution in [-0.4, -0.2) is 57.2 Å². The van der Waals surface area contributed by atoms with E-state index >= 15 is 0 Å². The van der Waals surface area contributed by atoms with Gasteiger partial charge in [-0.2, -0.15) is 13.2 Å². The van der Waals surface area contributed by atoms with Crippen molar-refractivity contribution in [2.24, 2.45) is 5.92 Å². The van der Waals surface area contributed by atoms with Gasteiger partial charge in [0.25, 0.3) is 17.4 Å². The first-order valence-electron chi connectivity index (χ1n) is 14.2. The zero-order chi connectivity index (χ0) is 33.0. The number of rotatable bonds is 8. The van der Waals surface area contributed by atoms with Crippen LogP contribution in [0.1, 0.15) is 33.6 Å². The van der Waals surface area contributed by atoms with E-state index in [9.17, 15) is 32.7 Å². The zero-order valence-corrected chi connectivity index (χ0v) is 26.9. The number of phenolic OH excluding ortho intramolecular Hbond substituents is 1. The normalized spacial score (nSPS) is 13.9. The molecule has 3 heterocycles. The van der Waals surface area contributed by atoms with Gasteiger partial charge in [-0.3, -0.25) is 14.4 Å². The lowest BCUT2D eigenvalue weighted by atomic mass is 9.96. The van der Waals surface area contributed by atoms with Crippen molar-refractivity contribution in [3.63, 3.8) is 0 Å². The summed E-state index contributed by atoms with van der Waals surface area (Å²) in [6.07, 6.45) is -1.11. The smallest absolute Gasteiger partial charge is 0.391 e. The summed E-state index contributed by atoms with van der Waals surface area (Å²) >= 11 is 11.9. The molecule has 47 heavy (non-hydrogen) atoms. The lowest BCUT2D eigenvalue weighted by Gasteiger charge is -2.32. The zero-order valence-electron chi connectivity index (χ0n) is 24.6. The van der Waals surface area contributed by atoms with E-state index in [1.54, 1.807) is 30.5 Å². The third kappa shape index (κ3) is 8.83. The van der Waals surface area contributed by atoms with Gasteiger partial charge in [0.1, 0.15) is 11.6 Å². The van der Waals surface area contributed by atoms with Crippen LogP contribution in [0.5, 0.6) is 5.75 Å². The number of likely N-dealkylation sites (tertiary alicyclic amines) is 1. The topological polar surface area (TPSA) is 117 Å². The number of nitrogens with zero attached hydrogens (tertiary/aromatic N) is 3. The molecule has 0 atom stereocenters. The number of amides is 2.